The van der Waals surface area contributed by atoms with Gasteiger partial charge in [0.1, 0.15) is 11.5 Å². The molecule has 0 aromatic heterocycles. The van der Waals surface area contributed by atoms with Gasteiger partial charge in [0.2, 0.25) is 0 Å². The summed E-state index contributed by atoms with van der Waals surface area (Å²) in [5.41, 5.74) is 1.86. The summed E-state index contributed by atoms with van der Waals surface area (Å²) in [7, 11) is 1.56. The van der Waals surface area contributed by atoms with Gasteiger partial charge in [-0.05, 0) is 61.1 Å². The number of hydrogen-bond acceptors (Lipinski definition) is 4. The number of methoxy groups -OCH3 is 1. The number of phenolic OH excluding ortho intramolecular Hbond substituents is 1. The van der Waals surface area contributed by atoms with Gasteiger partial charge >= 0.3 is 0 Å². The van der Waals surface area contributed by atoms with Crippen LogP contribution >= 0.6 is 12.2 Å². The van der Waals surface area contributed by atoms with Gasteiger partial charge in [0.15, 0.2) is 5.11 Å². The van der Waals surface area contributed by atoms with Gasteiger partial charge in [-0.15, -0.1) is 0 Å². The van der Waals surface area contributed by atoms with E-state index < -0.39 is 0 Å². The highest BCUT2D eigenvalue weighted by Gasteiger charge is 2.09. The molecule has 0 aliphatic heterocycles. The summed E-state index contributed by atoms with van der Waals surface area (Å²) in [6.07, 6.45) is 0. The van der Waals surface area contributed by atoms with Gasteiger partial charge in [-0.3, -0.25) is 10.1 Å². The standard InChI is InChI=1S/C16H16N2O3S/c1-10-3-8-14(19)13(9-10)17-16(22)18-15(20)11-4-6-12(21-2)7-5-11/h3-9,19H,1-2H3,(H2,17,18,20,22). The molecule has 114 valence electrons. The molecule has 2 aromatic carbocycles. The summed E-state index contributed by atoms with van der Waals surface area (Å²) >= 11 is 5.08. The number of anilines is 1. The minimum absolute atomic E-state index is 0.0617. The SMILES string of the molecule is COc1ccc(C(=O)NC(=S)Nc2cc(C)ccc2O)cc1. The number of amides is 1. The molecule has 0 spiro atoms. The topological polar surface area (TPSA) is 70.6 Å². The summed E-state index contributed by atoms with van der Waals surface area (Å²) in [5, 5.41) is 15.2. The van der Waals surface area contributed by atoms with E-state index in [1.807, 2.05) is 6.92 Å². The van der Waals surface area contributed by atoms with E-state index in [4.69, 9.17) is 17.0 Å². The number of carbonyl (C=O) groups excluding carboxylic acids is 1. The first kappa shape index (κ1) is 15.8. The Hall–Kier alpha value is -2.60. The number of aryl methyl sites for hydroxylation is 1. The molecule has 0 fully saturated rings. The van der Waals surface area contributed by atoms with Crippen molar-refractivity contribution >= 4 is 28.9 Å². The van der Waals surface area contributed by atoms with Crippen LogP contribution in [0.3, 0.4) is 0 Å². The van der Waals surface area contributed by atoms with Crippen molar-refractivity contribution in [2.45, 2.75) is 6.92 Å². The van der Waals surface area contributed by atoms with Crippen molar-refractivity contribution in [1.29, 1.82) is 0 Å². The minimum Gasteiger partial charge on any atom is -0.506 e. The van der Waals surface area contributed by atoms with E-state index in [1.54, 1.807) is 49.6 Å². The normalized spacial score (nSPS) is 9.91. The summed E-state index contributed by atoms with van der Waals surface area (Å²) < 4.78 is 5.04. The Labute approximate surface area is 133 Å². The van der Waals surface area contributed by atoms with Crippen molar-refractivity contribution in [1.82, 2.24) is 5.32 Å². The van der Waals surface area contributed by atoms with Crippen LogP contribution in [0.15, 0.2) is 42.5 Å². The van der Waals surface area contributed by atoms with E-state index in [-0.39, 0.29) is 16.8 Å². The van der Waals surface area contributed by atoms with Gasteiger partial charge in [0, 0.05) is 5.56 Å². The highest BCUT2D eigenvalue weighted by molar-refractivity contribution is 7.80. The second-order valence-electron chi connectivity index (χ2n) is 4.66. The number of rotatable bonds is 3. The Morgan fingerprint density at radius 1 is 1.18 bits per heavy atom. The lowest BCUT2D eigenvalue weighted by atomic mass is 10.2. The van der Waals surface area contributed by atoms with Gasteiger partial charge in [-0.2, -0.15) is 0 Å². The molecule has 0 radical (unpaired) electrons. The molecule has 0 saturated carbocycles. The lowest BCUT2D eigenvalue weighted by molar-refractivity contribution is 0.0977. The zero-order chi connectivity index (χ0) is 16.1. The van der Waals surface area contributed by atoms with Gasteiger partial charge in [-0.1, -0.05) is 6.07 Å². The van der Waals surface area contributed by atoms with Gasteiger partial charge in [0.25, 0.3) is 5.91 Å². The smallest absolute Gasteiger partial charge is 0.257 e. The van der Waals surface area contributed by atoms with E-state index in [1.165, 1.54) is 0 Å². The fourth-order valence-corrected chi connectivity index (χ4v) is 2.02. The van der Waals surface area contributed by atoms with Crippen molar-refractivity contribution in [3.63, 3.8) is 0 Å². The highest BCUT2D eigenvalue weighted by Crippen LogP contribution is 2.23. The largest absolute Gasteiger partial charge is 0.506 e. The van der Waals surface area contributed by atoms with E-state index in [0.29, 0.717) is 17.0 Å². The lowest BCUT2D eigenvalue weighted by Gasteiger charge is -2.11. The molecule has 1 amide bonds. The fraction of sp³-hybridized carbons (Fsp3) is 0.125. The fourth-order valence-electron chi connectivity index (χ4n) is 1.82. The number of hydrogen-bond donors (Lipinski definition) is 3. The molecule has 0 unspecified atom stereocenters. The monoisotopic (exact) mass is 316 g/mol. The number of aromatic hydroxyl groups is 1. The molecule has 0 saturated heterocycles. The molecule has 2 rings (SSSR count). The summed E-state index contributed by atoms with van der Waals surface area (Å²) in [6, 6.07) is 11.7. The third-order valence-electron chi connectivity index (χ3n) is 2.98. The Balaban J connectivity index is 2.01. The molecule has 22 heavy (non-hydrogen) atoms. The maximum Gasteiger partial charge on any atom is 0.257 e. The predicted molar refractivity (Wildman–Crippen MR) is 89.5 cm³/mol. The first-order valence-corrected chi connectivity index (χ1v) is 6.96. The molecule has 6 heteroatoms. The van der Waals surface area contributed by atoms with Crippen LogP contribution in [0, 0.1) is 6.92 Å². The minimum atomic E-state index is -0.340. The van der Waals surface area contributed by atoms with E-state index in [0.717, 1.165) is 5.56 Å². The van der Waals surface area contributed by atoms with Crippen molar-refractivity contribution in [2.24, 2.45) is 0 Å². The molecule has 0 bridgehead atoms. The Kier molecular flexibility index (Phi) is 4.95. The second-order valence-corrected chi connectivity index (χ2v) is 5.07. The Morgan fingerprint density at radius 2 is 1.86 bits per heavy atom. The third-order valence-corrected chi connectivity index (χ3v) is 3.18. The second kappa shape index (κ2) is 6.91. The molecule has 3 N–H and O–H groups in total. The quantitative estimate of drug-likeness (QED) is 0.600. The number of thiocarbonyl (C=S) groups is 1. The number of benzene rings is 2. The van der Waals surface area contributed by atoms with Gasteiger partial charge in [0.05, 0.1) is 12.8 Å². The Morgan fingerprint density at radius 3 is 2.50 bits per heavy atom. The first-order valence-electron chi connectivity index (χ1n) is 6.55. The van der Waals surface area contributed by atoms with Crippen LogP contribution in [0.5, 0.6) is 11.5 Å². The zero-order valence-corrected chi connectivity index (χ0v) is 13.0. The van der Waals surface area contributed by atoms with Crippen LogP contribution in [-0.2, 0) is 0 Å². The maximum absolute atomic E-state index is 12.1. The molecule has 0 aliphatic rings. The number of carbonyl (C=O) groups is 1. The van der Waals surface area contributed by atoms with Crippen LogP contribution in [0.25, 0.3) is 0 Å². The molecule has 5 nitrogen and oxygen atoms in total. The number of phenols is 1. The molecular weight excluding hydrogens is 300 g/mol. The van der Waals surface area contributed by atoms with Crippen molar-refractivity contribution in [2.75, 3.05) is 12.4 Å². The lowest BCUT2D eigenvalue weighted by Crippen LogP contribution is -2.34. The van der Waals surface area contributed by atoms with Crippen LogP contribution < -0.4 is 15.4 Å². The summed E-state index contributed by atoms with van der Waals surface area (Å²) in [6.45, 7) is 1.89. The predicted octanol–water partition coefficient (Wildman–Crippen LogP) is 2.84. The van der Waals surface area contributed by atoms with Crippen LogP contribution in [-0.4, -0.2) is 23.2 Å². The van der Waals surface area contributed by atoms with E-state index >= 15 is 0 Å². The molecule has 0 heterocycles. The van der Waals surface area contributed by atoms with E-state index in [2.05, 4.69) is 10.6 Å². The summed E-state index contributed by atoms with van der Waals surface area (Å²) in [5.74, 6) is 0.390. The number of ether oxygens (including phenoxy) is 1. The first-order chi connectivity index (χ1) is 10.5. The number of nitrogens with one attached hydrogen (secondary N) is 2. The maximum atomic E-state index is 12.1. The van der Waals surface area contributed by atoms with Crippen molar-refractivity contribution < 1.29 is 14.6 Å². The molecule has 0 atom stereocenters. The average molecular weight is 316 g/mol. The van der Waals surface area contributed by atoms with Crippen molar-refractivity contribution in [3.05, 3.63) is 53.6 Å². The van der Waals surface area contributed by atoms with Crippen LogP contribution in [0.2, 0.25) is 0 Å². The zero-order valence-electron chi connectivity index (χ0n) is 12.2. The molecule has 0 aliphatic carbocycles. The van der Waals surface area contributed by atoms with Gasteiger partial charge in [-0.25, -0.2) is 0 Å². The average Bonchev–Trinajstić information content (AvgIpc) is 2.51. The third kappa shape index (κ3) is 3.95. The van der Waals surface area contributed by atoms with Crippen LogP contribution in [0.1, 0.15) is 15.9 Å². The summed E-state index contributed by atoms with van der Waals surface area (Å²) in [4.78, 5) is 12.1. The highest BCUT2D eigenvalue weighted by atomic mass is 32.1. The van der Waals surface area contributed by atoms with Crippen LogP contribution in [0.4, 0.5) is 5.69 Å². The molecule has 2 aromatic rings. The van der Waals surface area contributed by atoms with Crippen molar-refractivity contribution in [3.8, 4) is 11.5 Å². The Bertz CT molecular complexity index is 699. The van der Waals surface area contributed by atoms with E-state index in [9.17, 15) is 9.90 Å². The molecular formula is C16H16N2O3S. The van der Waals surface area contributed by atoms with Gasteiger partial charge < -0.3 is 15.2 Å².